The van der Waals surface area contributed by atoms with Crippen molar-refractivity contribution in [1.82, 2.24) is 10.2 Å². The Morgan fingerprint density at radius 3 is 2.35 bits per heavy atom. The quantitative estimate of drug-likeness (QED) is 0.551. The molecule has 1 fully saturated rings. The number of aliphatic hydroxyl groups is 2. The van der Waals surface area contributed by atoms with Gasteiger partial charge in [-0.1, -0.05) is 36.4 Å². The summed E-state index contributed by atoms with van der Waals surface area (Å²) in [5.41, 5.74) is 0.921. The first-order chi connectivity index (χ1) is 16.3. The molecule has 2 aliphatic heterocycles. The number of fused-ring (bicyclic) bond motifs is 1. The lowest BCUT2D eigenvalue weighted by Crippen LogP contribution is -2.54. The van der Waals surface area contributed by atoms with Crippen LogP contribution in [0.25, 0.3) is 0 Å². The molecule has 0 unspecified atom stereocenters. The number of nitrogens with zero attached hydrogens (tertiary/aromatic N) is 1. The van der Waals surface area contributed by atoms with Crippen molar-refractivity contribution in [3.63, 3.8) is 0 Å². The molecule has 2 aliphatic rings. The number of aliphatic hydroxyl groups excluding tert-OH is 2. The first kappa shape index (κ1) is 23.7. The average molecular weight is 469 g/mol. The van der Waals surface area contributed by atoms with E-state index < -0.39 is 29.4 Å². The van der Waals surface area contributed by atoms with Crippen LogP contribution in [-0.4, -0.2) is 64.8 Å². The SMILES string of the molecule is CC(=O)C1(c2ccccc2)CCN(C(=O)[C@H](O)[C@@H](O)C(=O)NCc2ccc3c(c2)OCO3)CC1. The summed E-state index contributed by atoms with van der Waals surface area (Å²) in [6, 6.07) is 14.6. The van der Waals surface area contributed by atoms with Gasteiger partial charge in [0.05, 0.1) is 5.41 Å². The Kier molecular flexibility index (Phi) is 6.85. The van der Waals surface area contributed by atoms with E-state index in [9.17, 15) is 24.6 Å². The van der Waals surface area contributed by atoms with Gasteiger partial charge in [-0.2, -0.15) is 0 Å². The predicted molar refractivity (Wildman–Crippen MR) is 121 cm³/mol. The van der Waals surface area contributed by atoms with Gasteiger partial charge in [-0.25, -0.2) is 0 Å². The lowest BCUT2D eigenvalue weighted by Gasteiger charge is -2.41. The molecule has 0 saturated carbocycles. The van der Waals surface area contributed by atoms with Crippen LogP contribution in [0.5, 0.6) is 11.5 Å². The number of carbonyl (C=O) groups is 3. The molecule has 180 valence electrons. The maximum absolute atomic E-state index is 12.8. The van der Waals surface area contributed by atoms with Crippen LogP contribution in [0.4, 0.5) is 0 Å². The van der Waals surface area contributed by atoms with Crippen LogP contribution in [0.15, 0.2) is 48.5 Å². The zero-order chi connectivity index (χ0) is 24.3. The average Bonchev–Trinajstić information content (AvgIpc) is 3.34. The minimum absolute atomic E-state index is 0.0225. The number of hydrogen-bond donors (Lipinski definition) is 3. The number of rotatable bonds is 7. The number of hydrogen-bond acceptors (Lipinski definition) is 7. The highest BCUT2D eigenvalue weighted by molar-refractivity contribution is 5.91. The molecule has 0 aliphatic carbocycles. The summed E-state index contributed by atoms with van der Waals surface area (Å²) in [5, 5.41) is 23.2. The maximum atomic E-state index is 12.8. The van der Waals surface area contributed by atoms with Crippen LogP contribution < -0.4 is 14.8 Å². The molecular weight excluding hydrogens is 440 g/mol. The normalized spacial score (nSPS) is 18.1. The molecule has 2 atom stereocenters. The van der Waals surface area contributed by atoms with Gasteiger partial charge >= 0.3 is 0 Å². The fraction of sp³-hybridized carbons (Fsp3) is 0.400. The number of ether oxygens (including phenoxy) is 2. The number of benzene rings is 2. The van der Waals surface area contributed by atoms with E-state index in [0.717, 1.165) is 5.56 Å². The van der Waals surface area contributed by atoms with Gasteiger partial charge in [-0.05, 0) is 43.0 Å². The van der Waals surface area contributed by atoms with Crippen molar-refractivity contribution in [2.24, 2.45) is 0 Å². The Morgan fingerprint density at radius 2 is 1.68 bits per heavy atom. The topological polar surface area (TPSA) is 125 Å². The Labute approximate surface area is 197 Å². The molecule has 0 spiro atoms. The molecule has 1 saturated heterocycles. The molecule has 0 aromatic heterocycles. The summed E-state index contributed by atoms with van der Waals surface area (Å²) in [7, 11) is 0. The summed E-state index contributed by atoms with van der Waals surface area (Å²) in [6.07, 6.45) is -3.03. The highest BCUT2D eigenvalue weighted by Gasteiger charge is 2.43. The van der Waals surface area contributed by atoms with Crippen molar-refractivity contribution in [3.8, 4) is 11.5 Å². The van der Waals surface area contributed by atoms with Gasteiger partial charge in [0.2, 0.25) is 6.79 Å². The second-order valence-corrected chi connectivity index (χ2v) is 8.62. The fourth-order valence-corrected chi connectivity index (χ4v) is 4.52. The molecule has 0 bridgehead atoms. The van der Waals surface area contributed by atoms with Crippen molar-refractivity contribution in [2.45, 2.75) is 43.9 Å². The number of nitrogens with one attached hydrogen (secondary N) is 1. The second-order valence-electron chi connectivity index (χ2n) is 8.62. The number of ketones is 1. The summed E-state index contributed by atoms with van der Waals surface area (Å²) >= 11 is 0. The van der Waals surface area contributed by atoms with Crippen molar-refractivity contribution in [2.75, 3.05) is 19.9 Å². The van der Waals surface area contributed by atoms with Crippen molar-refractivity contribution < 1.29 is 34.1 Å². The van der Waals surface area contributed by atoms with Gasteiger partial charge in [0, 0.05) is 19.6 Å². The number of piperidine rings is 1. The third-order valence-electron chi connectivity index (χ3n) is 6.65. The minimum Gasteiger partial charge on any atom is -0.454 e. The molecule has 3 N–H and O–H groups in total. The first-order valence-electron chi connectivity index (χ1n) is 11.2. The van der Waals surface area contributed by atoms with Crippen LogP contribution in [0.3, 0.4) is 0 Å². The Balaban J connectivity index is 1.33. The zero-order valence-electron chi connectivity index (χ0n) is 18.9. The monoisotopic (exact) mass is 468 g/mol. The first-order valence-corrected chi connectivity index (χ1v) is 11.2. The standard InChI is InChI=1S/C25H28N2O7/c1-16(28)25(18-5-3-2-4-6-18)9-11-27(12-10-25)24(32)22(30)21(29)23(31)26-14-17-7-8-19-20(13-17)34-15-33-19/h2-8,13,21-22,29-30H,9-12,14-15H2,1H3,(H,26,31)/t21-,22-/m1/s1. The third kappa shape index (κ3) is 4.62. The zero-order valence-corrected chi connectivity index (χ0v) is 18.9. The van der Waals surface area contributed by atoms with Crippen molar-refractivity contribution in [1.29, 1.82) is 0 Å². The fourth-order valence-electron chi connectivity index (χ4n) is 4.52. The predicted octanol–water partition coefficient (Wildman–Crippen LogP) is 0.903. The molecule has 34 heavy (non-hydrogen) atoms. The van der Waals surface area contributed by atoms with E-state index in [4.69, 9.17) is 9.47 Å². The molecule has 2 amide bonds. The van der Waals surface area contributed by atoms with Crippen LogP contribution >= 0.6 is 0 Å². The van der Waals surface area contributed by atoms with Crippen LogP contribution in [0, 0.1) is 0 Å². The summed E-state index contributed by atoms with van der Waals surface area (Å²) < 4.78 is 10.5. The number of amides is 2. The molecule has 4 rings (SSSR count). The Bertz CT molecular complexity index is 1060. The Morgan fingerprint density at radius 1 is 1.00 bits per heavy atom. The van der Waals surface area contributed by atoms with E-state index in [0.29, 0.717) is 29.9 Å². The van der Waals surface area contributed by atoms with Gasteiger partial charge in [-0.3, -0.25) is 14.4 Å². The summed E-state index contributed by atoms with van der Waals surface area (Å²) in [4.78, 5) is 39.1. The molecular formula is C25H28N2O7. The molecule has 9 heteroatoms. The van der Waals surface area contributed by atoms with E-state index >= 15 is 0 Å². The second kappa shape index (κ2) is 9.82. The summed E-state index contributed by atoms with van der Waals surface area (Å²) in [6.45, 7) is 2.22. The smallest absolute Gasteiger partial charge is 0.254 e. The Hall–Kier alpha value is -3.43. The van der Waals surface area contributed by atoms with Gasteiger partial charge in [-0.15, -0.1) is 0 Å². The van der Waals surface area contributed by atoms with Crippen molar-refractivity contribution in [3.05, 3.63) is 59.7 Å². The van der Waals surface area contributed by atoms with E-state index in [2.05, 4.69) is 5.32 Å². The molecule has 0 radical (unpaired) electrons. The largest absolute Gasteiger partial charge is 0.454 e. The summed E-state index contributed by atoms with van der Waals surface area (Å²) in [5.74, 6) is -0.411. The van der Waals surface area contributed by atoms with E-state index in [1.54, 1.807) is 25.1 Å². The number of Topliss-reactive ketones (excluding diaryl/α,β-unsaturated/α-hetero) is 1. The number of likely N-dealkylation sites (tertiary alicyclic amines) is 1. The molecule has 2 aromatic carbocycles. The van der Waals surface area contributed by atoms with E-state index in [-0.39, 0.29) is 32.2 Å². The molecule has 2 heterocycles. The molecule has 9 nitrogen and oxygen atoms in total. The third-order valence-corrected chi connectivity index (χ3v) is 6.65. The maximum Gasteiger partial charge on any atom is 0.254 e. The highest BCUT2D eigenvalue weighted by atomic mass is 16.7. The van der Waals surface area contributed by atoms with Crippen LogP contribution in [-0.2, 0) is 26.3 Å². The van der Waals surface area contributed by atoms with Crippen LogP contribution in [0.2, 0.25) is 0 Å². The van der Waals surface area contributed by atoms with Gasteiger partial charge in [0.25, 0.3) is 11.8 Å². The minimum atomic E-state index is -1.92. The van der Waals surface area contributed by atoms with E-state index in [1.807, 2.05) is 30.3 Å². The van der Waals surface area contributed by atoms with Crippen LogP contribution in [0.1, 0.15) is 30.9 Å². The molecule has 2 aromatic rings. The lowest BCUT2D eigenvalue weighted by atomic mass is 9.70. The van der Waals surface area contributed by atoms with Gasteiger partial charge in [0.15, 0.2) is 23.7 Å². The van der Waals surface area contributed by atoms with Crippen molar-refractivity contribution >= 4 is 17.6 Å². The number of carbonyl (C=O) groups excluding carboxylic acids is 3. The van der Waals surface area contributed by atoms with E-state index in [1.165, 1.54) is 4.90 Å². The van der Waals surface area contributed by atoms with Gasteiger partial charge in [0.1, 0.15) is 5.78 Å². The lowest BCUT2D eigenvalue weighted by molar-refractivity contribution is -0.154. The van der Waals surface area contributed by atoms with Gasteiger partial charge < -0.3 is 29.9 Å². The highest BCUT2D eigenvalue weighted by Crippen LogP contribution is 2.37.